The van der Waals surface area contributed by atoms with Gasteiger partial charge in [0.2, 0.25) is 0 Å². The molecule has 1 unspecified atom stereocenters. The lowest BCUT2D eigenvalue weighted by atomic mass is 9.96. The highest BCUT2D eigenvalue weighted by atomic mass is 31.2. The molecule has 0 aromatic rings. The van der Waals surface area contributed by atoms with Crippen molar-refractivity contribution < 1.29 is 24.4 Å². The van der Waals surface area contributed by atoms with Gasteiger partial charge in [-0.2, -0.15) is 0 Å². The molecule has 0 aromatic heterocycles. The van der Waals surface area contributed by atoms with E-state index in [0.29, 0.717) is 12.5 Å². The lowest BCUT2D eigenvalue weighted by molar-refractivity contribution is 0.205. The van der Waals surface area contributed by atoms with Gasteiger partial charge in [-0.15, -0.1) is 0 Å². The Labute approximate surface area is 110 Å². The molecule has 5 nitrogen and oxygen atoms in total. The topological polar surface area (TPSA) is 98.0 Å². The van der Waals surface area contributed by atoms with Crippen LogP contribution in [0.25, 0.3) is 0 Å². The molecule has 4 N–H and O–H groups in total. The highest BCUT2D eigenvalue weighted by Gasteiger charge is 2.05. The Morgan fingerprint density at radius 1 is 0.889 bits per heavy atom. The average molecular weight is 284 g/mol. The SMILES string of the molecule is CCCCCCC(CO)CCCC.O=P(O)(O)O. The number of phosphoric acid groups is 1. The van der Waals surface area contributed by atoms with Crippen LogP contribution >= 0.6 is 7.82 Å². The zero-order valence-electron chi connectivity index (χ0n) is 11.6. The van der Waals surface area contributed by atoms with Gasteiger partial charge in [0.15, 0.2) is 0 Å². The van der Waals surface area contributed by atoms with Gasteiger partial charge < -0.3 is 19.8 Å². The van der Waals surface area contributed by atoms with Gasteiger partial charge in [-0.1, -0.05) is 52.4 Å². The van der Waals surface area contributed by atoms with Crippen LogP contribution < -0.4 is 0 Å². The first kappa shape index (κ1) is 20.4. The molecule has 0 amide bonds. The van der Waals surface area contributed by atoms with E-state index in [2.05, 4.69) is 13.8 Å². The summed E-state index contributed by atoms with van der Waals surface area (Å²) in [5.41, 5.74) is 0. The molecule has 6 heteroatoms. The van der Waals surface area contributed by atoms with E-state index in [-0.39, 0.29) is 0 Å². The number of hydrogen-bond acceptors (Lipinski definition) is 2. The second-order valence-corrected chi connectivity index (χ2v) is 5.58. The van der Waals surface area contributed by atoms with E-state index in [1.807, 2.05) is 0 Å². The summed E-state index contributed by atoms with van der Waals surface area (Å²) in [5.74, 6) is 0.580. The minimum absolute atomic E-state index is 0.395. The van der Waals surface area contributed by atoms with E-state index in [4.69, 9.17) is 24.4 Å². The van der Waals surface area contributed by atoms with Crippen molar-refractivity contribution in [1.82, 2.24) is 0 Å². The Kier molecular flexibility index (Phi) is 15.3. The minimum atomic E-state index is -4.64. The predicted octanol–water partition coefficient (Wildman–Crippen LogP) is 2.83. The molecule has 0 saturated carbocycles. The van der Waals surface area contributed by atoms with Crippen molar-refractivity contribution in [3.8, 4) is 0 Å². The van der Waals surface area contributed by atoms with Crippen LogP contribution in [-0.2, 0) is 4.57 Å². The van der Waals surface area contributed by atoms with Gasteiger partial charge in [0.25, 0.3) is 0 Å². The van der Waals surface area contributed by atoms with E-state index in [9.17, 15) is 0 Å². The van der Waals surface area contributed by atoms with Gasteiger partial charge >= 0.3 is 7.82 Å². The molecule has 0 aliphatic heterocycles. The van der Waals surface area contributed by atoms with Crippen molar-refractivity contribution in [3.05, 3.63) is 0 Å². The molecular formula is C12H29O5P. The Balaban J connectivity index is 0. The predicted molar refractivity (Wildman–Crippen MR) is 73.1 cm³/mol. The lowest BCUT2D eigenvalue weighted by Crippen LogP contribution is -2.05. The zero-order chi connectivity index (χ0) is 14.4. The Hall–Kier alpha value is 0.0700. The maximum absolute atomic E-state index is 9.11. The third-order valence-corrected chi connectivity index (χ3v) is 2.69. The fraction of sp³-hybridized carbons (Fsp3) is 1.00. The Morgan fingerprint density at radius 3 is 1.72 bits per heavy atom. The molecule has 0 aliphatic rings. The van der Waals surface area contributed by atoms with Crippen LogP contribution in [0.1, 0.15) is 65.2 Å². The number of aliphatic hydroxyl groups excluding tert-OH is 1. The van der Waals surface area contributed by atoms with Crippen LogP contribution in [0.15, 0.2) is 0 Å². The van der Waals surface area contributed by atoms with Crippen molar-refractivity contribution in [2.75, 3.05) is 6.61 Å². The molecule has 0 heterocycles. The second kappa shape index (κ2) is 13.5. The van der Waals surface area contributed by atoms with Gasteiger partial charge in [0, 0.05) is 6.61 Å². The first-order valence-corrected chi connectivity index (χ1v) is 8.30. The average Bonchev–Trinajstić information content (AvgIpc) is 2.26. The molecule has 18 heavy (non-hydrogen) atoms. The zero-order valence-corrected chi connectivity index (χ0v) is 12.5. The molecule has 112 valence electrons. The van der Waals surface area contributed by atoms with Gasteiger partial charge in [-0.05, 0) is 18.8 Å². The van der Waals surface area contributed by atoms with Gasteiger partial charge in [0.1, 0.15) is 0 Å². The van der Waals surface area contributed by atoms with E-state index in [1.54, 1.807) is 0 Å². The number of unbranched alkanes of at least 4 members (excludes halogenated alkanes) is 4. The summed E-state index contributed by atoms with van der Waals surface area (Å²) >= 11 is 0. The molecule has 0 rings (SSSR count). The molecule has 0 spiro atoms. The van der Waals surface area contributed by atoms with Gasteiger partial charge in [-0.25, -0.2) is 4.57 Å². The Morgan fingerprint density at radius 2 is 1.33 bits per heavy atom. The molecular weight excluding hydrogens is 255 g/mol. The third kappa shape index (κ3) is 25.1. The van der Waals surface area contributed by atoms with Gasteiger partial charge in [0.05, 0.1) is 0 Å². The minimum Gasteiger partial charge on any atom is -0.396 e. The van der Waals surface area contributed by atoms with Crippen molar-refractivity contribution in [1.29, 1.82) is 0 Å². The van der Waals surface area contributed by atoms with Crippen molar-refractivity contribution >= 4 is 7.82 Å². The van der Waals surface area contributed by atoms with E-state index in [0.717, 1.165) is 0 Å². The summed E-state index contributed by atoms with van der Waals surface area (Å²) in [5, 5.41) is 9.11. The van der Waals surface area contributed by atoms with E-state index < -0.39 is 7.82 Å². The van der Waals surface area contributed by atoms with Crippen LogP contribution in [0.5, 0.6) is 0 Å². The number of aliphatic hydroxyl groups is 1. The number of hydrogen-bond donors (Lipinski definition) is 4. The van der Waals surface area contributed by atoms with E-state index in [1.165, 1.54) is 51.4 Å². The monoisotopic (exact) mass is 284 g/mol. The molecule has 0 aromatic carbocycles. The quantitative estimate of drug-likeness (QED) is 0.385. The number of rotatable bonds is 9. The normalized spacial score (nSPS) is 12.8. The highest BCUT2D eigenvalue weighted by Crippen LogP contribution is 2.25. The lowest BCUT2D eigenvalue weighted by Gasteiger charge is -2.12. The summed E-state index contributed by atoms with van der Waals surface area (Å²) in [6.45, 7) is 4.85. The molecule has 0 bridgehead atoms. The first-order chi connectivity index (χ1) is 8.35. The Bertz CT molecular complexity index is 196. The van der Waals surface area contributed by atoms with Crippen LogP contribution in [0.4, 0.5) is 0 Å². The third-order valence-electron chi connectivity index (χ3n) is 2.69. The van der Waals surface area contributed by atoms with Crippen LogP contribution in [-0.4, -0.2) is 26.4 Å². The molecule has 1 atom stereocenters. The smallest absolute Gasteiger partial charge is 0.396 e. The fourth-order valence-electron chi connectivity index (χ4n) is 1.68. The molecule has 0 radical (unpaired) electrons. The summed E-state index contributed by atoms with van der Waals surface area (Å²) in [6, 6.07) is 0. The largest absolute Gasteiger partial charge is 0.466 e. The molecule has 0 saturated heterocycles. The fourth-order valence-corrected chi connectivity index (χ4v) is 1.68. The van der Waals surface area contributed by atoms with Crippen LogP contribution in [0, 0.1) is 5.92 Å². The highest BCUT2D eigenvalue weighted by molar-refractivity contribution is 7.45. The second-order valence-electron chi connectivity index (χ2n) is 4.55. The standard InChI is InChI=1S/C12H26O.H3O4P/c1-3-5-7-8-10-12(11-13)9-6-4-2;1-5(2,3)4/h12-13H,3-11H2,1-2H3;(H3,1,2,3,4). The van der Waals surface area contributed by atoms with Gasteiger partial charge in [-0.3, -0.25) is 0 Å². The summed E-state index contributed by atoms with van der Waals surface area (Å²) < 4.78 is 8.88. The van der Waals surface area contributed by atoms with E-state index >= 15 is 0 Å². The summed E-state index contributed by atoms with van der Waals surface area (Å²) in [7, 11) is -4.64. The molecule has 0 fully saturated rings. The van der Waals surface area contributed by atoms with Crippen molar-refractivity contribution in [3.63, 3.8) is 0 Å². The summed E-state index contributed by atoms with van der Waals surface area (Å²) in [6.07, 6.45) is 10.3. The van der Waals surface area contributed by atoms with Crippen molar-refractivity contribution in [2.24, 2.45) is 5.92 Å². The van der Waals surface area contributed by atoms with Crippen LogP contribution in [0.2, 0.25) is 0 Å². The molecule has 0 aliphatic carbocycles. The van der Waals surface area contributed by atoms with Crippen molar-refractivity contribution in [2.45, 2.75) is 65.2 Å². The summed E-state index contributed by atoms with van der Waals surface area (Å²) in [4.78, 5) is 21.6. The first-order valence-electron chi connectivity index (χ1n) is 6.74. The maximum Gasteiger partial charge on any atom is 0.466 e. The maximum atomic E-state index is 9.11. The van der Waals surface area contributed by atoms with Crippen LogP contribution in [0.3, 0.4) is 0 Å².